The van der Waals surface area contributed by atoms with Crippen LogP contribution in [0.15, 0.2) is 40.8 Å². The molecule has 2 saturated carbocycles. The highest BCUT2D eigenvalue weighted by Crippen LogP contribution is 2.38. The third kappa shape index (κ3) is 8.72. The van der Waals surface area contributed by atoms with Gasteiger partial charge in [0.25, 0.3) is 11.8 Å². The first-order valence-electron chi connectivity index (χ1n) is 15.4. The summed E-state index contributed by atoms with van der Waals surface area (Å²) in [6.07, 6.45) is -0.498. The Balaban J connectivity index is 1.33. The van der Waals surface area contributed by atoms with Crippen molar-refractivity contribution in [1.82, 2.24) is 20.2 Å². The lowest BCUT2D eigenvalue weighted by molar-refractivity contribution is -0.0516. The summed E-state index contributed by atoms with van der Waals surface area (Å²) in [6.45, 7) is -1.52. The number of nitrogens with zero attached hydrogens (tertiary/aromatic N) is 3. The number of pyridine rings is 1. The van der Waals surface area contributed by atoms with Crippen LogP contribution < -0.4 is 20.5 Å². The molecule has 2 aliphatic carbocycles. The standard InChI is InChI=1S/C32H35F4N5O7/c1-17(46-31(37)44)26-23(40-28(48-26)19-8-9-24(47-30(33)34)25(14-19)45-16-18-6-7-18)15-38-27(42)21-4-3-5-22(39-21)29(43)41(2)20-10-12-32(35,36)13-11-20/h3-5,8-9,14,17-18,20,30H,6-7,10-13,15-16H2,1-2H3,(H2,37,44)(H,38,42). The molecular formula is C32H35F4N5O7. The molecule has 0 aliphatic heterocycles. The monoisotopic (exact) mass is 677 g/mol. The minimum Gasteiger partial charge on any atom is -0.489 e. The zero-order valence-corrected chi connectivity index (χ0v) is 26.2. The van der Waals surface area contributed by atoms with Gasteiger partial charge in [-0.25, -0.2) is 23.5 Å². The van der Waals surface area contributed by atoms with E-state index in [-0.39, 0.29) is 78.5 Å². The maximum absolute atomic E-state index is 13.6. The Kier molecular flexibility index (Phi) is 10.4. The molecule has 3 amide bonds. The topological polar surface area (TPSA) is 159 Å². The zero-order chi connectivity index (χ0) is 34.6. The predicted octanol–water partition coefficient (Wildman–Crippen LogP) is 5.86. The Bertz CT molecular complexity index is 1640. The van der Waals surface area contributed by atoms with E-state index in [1.807, 2.05) is 0 Å². The van der Waals surface area contributed by atoms with Gasteiger partial charge in [0.05, 0.1) is 13.2 Å². The molecule has 258 valence electrons. The quantitative estimate of drug-likeness (QED) is 0.211. The molecule has 1 atom stereocenters. The first kappa shape index (κ1) is 34.4. The molecule has 1 unspecified atom stereocenters. The number of carbonyl (C=O) groups is 3. The largest absolute Gasteiger partial charge is 0.489 e. The van der Waals surface area contributed by atoms with Crippen molar-refractivity contribution >= 4 is 17.9 Å². The Morgan fingerprint density at radius 1 is 1.06 bits per heavy atom. The first-order valence-corrected chi connectivity index (χ1v) is 15.4. The van der Waals surface area contributed by atoms with Crippen molar-refractivity contribution in [2.24, 2.45) is 11.7 Å². The van der Waals surface area contributed by atoms with Crippen LogP contribution in [0.1, 0.15) is 84.0 Å². The van der Waals surface area contributed by atoms with Gasteiger partial charge in [-0.15, -0.1) is 0 Å². The second-order valence-electron chi connectivity index (χ2n) is 11.8. The maximum atomic E-state index is 13.6. The van der Waals surface area contributed by atoms with E-state index < -0.39 is 36.5 Å². The van der Waals surface area contributed by atoms with Gasteiger partial charge in [-0.1, -0.05) is 6.07 Å². The SMILES string of the molecule is CC(OC(N)=O)c1oc(-c2ccc(OC(F)F)c(OCC3CC3)c2)nc1CNC(=O)c1cccc(C(=O)N(C)C2CCC(F)(F)CC2)n1. The van der Waals surface area contributed by atoms with Crippen LogP contribution in [0.25, 0.3) is 11.5 Å². The molecule has 1 aromatic carbocycles. The van der Waals surface area contributed by atoms with Gasteiger partial charge in [0.1, 0.15) is 17.1 Å². The Morgan fingerprint density at radius 3 is 2.44 bits per heavy atom. The third-order valence-corrected chi connectivity index (χ3v) is 8.14. The number of nitrogens with one attached hydrogen (secondary N) is 1. The van der Waals surface area contributed by atoms with Crippen LogP contribution in [0, 0.1) is 5.92 Å². The summed E-state index contributed by atoms with van der Waals surface area (Å²) in [4.78, 5) is 47.7. The first-order chi connectivity index (χ1) is 22.8. The number of amides is 3. The van der Waals surface area contributed by atoms with E-state index in [0.29, 0.717) is 18.1 Å². The Labute approximate surface area is 272 Å². The van der Waals surface area contributed by atoms with E-state index >= 15 is 0 Å². The second kappa shape index (κ2) is 14.5. The molecule has 0 saturated heterocycles. The van der Waals surface area contributed by atoms with Crippen molar-refractivity contribution in [2.45, 2.75) is 76.7 Å². The number of oxazole rings is 1. The van der Waals surface area contributed by atoms with E-state index in [1.165, 1.54) is 55.3 Å². The van der Waals surface area contributed by atoms with Crippen LogP contribution in [0.2, 0.25) is 0 Å². The lowest BCUT2D eigenvalue weighted by Gasteiger charge is -2.34. The van der Waals surface area contributed by atoms with Gasteiger partial charge in [0.15, 0.2) is 23.4 Å². The summed E-state index contributed by atoms with van der Waals surface area (Å²) in [5.74, 6) is -3.66. The number of hydrogen-bond donors (Lipinski definition) is 2. The van der Waals surface area contributed by atoms with Crippen LogP contribution in [-0.2, 0) is 11.3 Å². The summed E-state index contributed by atoms with van der Waals surface area (Å²) in [6, 6.07) is 8.08. The molecule has 3 N–H and O–H groups in total. The van der Waals surface area contributed by atoms with Crippen molar-refractivity contribution in [3.05, 3.63) is 59.2 Å². The average molecular weight is 678 g/mol. The molecule has 48 heavy (non-hydrogen) atoms. The summed E-state index contributed by atoms with van der Waals surface area (Å²) in [7, 11) is 1.52. The molecule has 3 aromatic rings. The van der Waals surface area contributed by atoms with E-state index in [2.05, 4.69) is 20.0 Å². The van der Waals surface area contributed by atoms with Crippen molar-refractivity contribution in [1.29, 1.82) is 0 Å². The molecular weight excluding hydrogens is 642 g/mol. The Morgan fingerprint density at radius 2 is 1.77 bits per heavy atom. The average Bonchev–Trinajstić information content (AvgIpc) is 3.78. The number of nitrogens with two attached hydrogens (primary N) is 1. The van der Waals surface area contributed by atoms with Gasteiger partial charge in [-0.05, 0) is 68.9 Å². The number of ether oxygens (including phenoxy) is 3. The van der Waals surface area contributed by atoms with E-state index in [1.54, 1.807) is 0 Å². The molecule has 16 heteroatoms. The van der Waals surface area contributed by atoms with Crippen molar-refractivity contribution < 1.29 is 50.6 Å². The van der Waals surface area contributed by atoms with Gasteiger partial charge < -0.3 is 34.6 Å². The smallest absolute Gasteiger partial charge is 0.405 e. The number of rotatable bonds is 13. The number of aromatic nitrogens is 2. The number of halogens is 4. The molecule has 2 aromatic heterocycles. The van der Waals surface area contributed by atoms with E-state index in [9.17, 15) is 31.9 Å². The molecule has 2 heterocycles. The number of alkyl halides is 4. The van der Waals surface area contributed by atoms with Gasteiger partial charge in [-0.2, -0.15) is 8.78 Å². The number of carbonyl (C=O) groups excluding carboxylic acids is 3. The number of primary amides is 1. The third-order valence-electron chi connectivity index (χ3n) is 8.14. The molecule has 12 nitrogen and oxygen atoms in total. The van der Waals surface area contributed by atoms with Crippen LogP contribution in [-0.4, -0.2) is 65.0 Å². The highest BCUT2D eigenvalue weighted by molar-refractivity contribution is 5.96. The van der Waals surface area contributed by atoms with Gasteiger partial charge in [0, 0.05) is 31.5 Å². The summed E-state index contributed by atoms with van der Waals surface area (Å²) in [5, 5.41) is 2.65. The lowest BCUT2D eigenvalue weighted by atomic mass is 9.91. The number of benzene rings is 1. The minimum atomic E-state index is -3.07. The lowest BCUT2D eigenvalue weighted by Crippen LogP contribution is -2.42. The van der Waals surface area contributed by atoms with Crippen molar-refractivity contribution in [3.8, 4) is 23.0 Å². The highest BCUT2D eigenvalue weighted by Gasteiger charge is 2.37. The van der Waals surface area contributed by atoms with Crippen molar-refractivity contribution in [2.75, 3.05) is 13.7 Å². The predicted molar refractivity (Wildman–Crippen MR) is 161 cm³/mol. The normalized spacial score (nSPS) is 16.6. The fourth-order valence-corrected chi connectivity index (χ4v) is 5.29. The van der Waals surface area contributed by atoms with Crippen LogP contribution in [0.3, 0.4) is 0 Å². The van der Waals surface area contributed by atoms with Crippen LogP contribution in [0.4, 0.5) is 22.4 Å². The molecule has 0 spiro atoms. The number of hydrogen-bond acceptors (Lipinski definition) is 9. The van der Waals surface area contributed by atoms with E-state index in [0.717, 1.165) is 12.8 Å². The van der Waals surface area contributed by atoms with Crippen LogP contribution in [0.5, 0.6) is 11.5 Å². The van der Waals surface area contributed by atoms with Crippen molar-refractivity contribution in [3.63, 3.8) is 0 Å². The highest BCUT2D eigenvalue weighted by atomic mass is 19.3. The molecule has 0 radical (unpaired) electrons. The molecule has 5 rings (SSSR count). The summed E-state index contributed by atoms with van der Waals surface area (Å²) in [5.41, 5.74) is 5.55. The van der Waals surface area contributed by atoms with E-state index in [4.69, 9.17) is 19.6 Å². The van der Waals surface area contributed by atoms with Gasteiger partial charge in [0.2, 0.25) is 11.8 Å². The van der Waals surface area contributed by atoms with Gasteiger partial charge in [-0.3, -0.25) is 9.59 Å². The molecule has 2 aliphatic rings. The minimum absolute atomic E-state index is 0.00303. The zero-order valence-electron chi connectivity index (χ0n) is 26.2. The molecule has 2 fully saturated rings. The molecule has 0 bridgehead atoms. The maximum Gasteiger partial charge on any atom is 0.405 e. The van der Waals surface area contributed by atoms with Gasteiger partial charge >= 0.3 is 12.7 Å². The summed E-state index contributed by atoms with van der Waals surface area (Å²) >= 11 is 0. The fourth-order valence-electron chi connectivity index (χ4n) is 5.29. The summed E-state index contributed by atoms with van der Waals surface area (Å²) < 4.78 is 74.6. The van der Waals surface area contributed by atoms with Crippen LogP contribution >= 0.6 is 0 Å². The Hall–Kier alpha value is -4.89. The second-order valence-corrected chi connectivity index (χ2v) is 11.8. The fraction of sp³-hybridized carbons (Fsp3) is 0.469.